The minimum atomic E-state index is 0.392. The molecule has 0 amide bonds. The highest BCUT2D eigenvalue weighted by Gasteiger charge is 2.27. The van der Waals surface area contributed by atoms with E-state index < -0.39 is 0 Å². The molecular formula is C15H21N3. The Labute approximate surface area is 108 Å². The van der Waals surface area contributed by atoms with Crippen molar-refractivity contribution in [1.29, 1.82) is 0 Å². The summed E-state index contributed by atoms with van der Waals surface area (Å²) in [5.41, 5.74) is 3.94. The molecule has 2 unspecified atom stereocenters. The highest BCUT2D eigenvalue weighted by Crippen LogP contribution is 2.31. The molecule has 3 nitrogen and oxygen atoms in total. The number of aryl methyl sites for hydroxylation is 1. The molecule has 96 valence electrons. The predicted molar refractivity (Wildman–Crippen MR) is 75.9 cm³/mol. The largest absolute Gasteiger partial charge is 0.358 e. The van der Waals surface area contributed by atoms with Gasteiger partial charge < -0.3 is 15.6 Å². The van der Waals surface area contributed by atoms with Crippen LogP contribution in [0, 0.1) is 6.92 Å². The number of likely N-dealkylation sites (N-methyl/N-ethyl adjacent to an activating group) is 1. The average molecular weight is 243 g/mol. The summed E-state index contributed by atoms with van der Waals surface area (Å²) in [7, 11) is 2.06. The van der Waals surface area contributed by atoms with E-state index >= 15 is 0 Å². The highest BCUT2D eigenvalue weighted by atomic mass is 15.0. The fourth-order valence-electron chi connectivity index (χ4n) is 3.24. The van der Waals surface area contributed by atoms with Gasteiger partial charge in [-0.15, -0.1) is 0 Å². The number of hydrogen-bond acceptors (Lipinski definition) is 2. The van der Waals surface area contributed by atoms with Crippen molar-refractivity contribution in [2.24, 2.45) is 0 Å². The molecule has 1 aliphatic rings. The lowest BCUT2D eigenvalue weighted by Gasteiger charge is -2.24. The van der Waals surface area contributed by atoms with Crippen LogP contribution in [0.5, 0.6) is 0 Å². The molecule has 2 heterocycles. The van der Waals surface area contributed by atoms with Crippen molar-refractivity contribution in [2.45, 2.75) is 31.8 Å². The maximum Gasteiger partial charge on any atom is 0.0497 e. The van der Waals surface area contributed by atoms with Crippen molar-refractivity contribution in [1.82, 2.24) is 15.6 Å². The van der Waals surface area contributed by atoms with Crippen LogP contribution in [0.15, 0.2) is 24.3 Å². The van der Waals surface area contributed by atoms with Crippen molar-refractivity contribution in [3.63, 3.8) is 0 Å². The molecular weight excluding hydrogens is 222 g/mol. The fraction of sp³-hybridized carbons (Fsp3) is 0.467. The Morgan fingerprint density at radius 2 is 2.17 bits per heavy atom. The molecule has 1 saturated heterocycles. The van der Waals surface area contributed by atoms with Crippen LogP contribution in [0.3, 0.4) is 0 Å². The molecule has 2 atom stereocenters. The number of H-pyrrole nitrogens is 1. The average Bonchev–Trinajstić information content (AvgIpc) is 2.99. The van der Waals surface area contributed by atoms with Gasteiger partial charge in [-0.25, -0.2) is 0 Å². The van der Waals surface area contributed by atoms with Crippen molar-refractivity contribution in [2.75, 3.05) is 13.6 Å². The lowest BCUT2D eigenvalue weighted by Crippen LogP contribution is -2.36. The number of nitrogens with one attached hydrogen (secondary N) is 3. The van der Waals surface area contributed by atoms with Crippen LogP contribution in [0.2, 0.25) is 0 Å². The van der Waals surface area contributed by atoms with E-state index in [9.17, 15) is 0 Å². The van der Waals surface area contributed by atoms with E-state index in [1.165, 1.54) is 35.0 Å². The summed E-state index contributed by atoms with van der Waals surface area (Å²) >= 11 is 0. The second kappa shape index (κ2) is 4.75. The first-order chi connectivity index (χ1) is 8.81. The van der Waals surface area contributed by atoms with Gasteiger partial charge in [0.05, 0.1) is 0 Å². The van der Waals surface area contributed by atoms with Crippen LogP contribution in [0.4, 0.5) is 0 Å². The minimum Gasteiger partial charge on any atom is -0.358 e. The molecule has 0 spiro atoms. The number of aromatic nitrogens is 1. The summed E-state index contributed by atoms with van der Waals surface area (Å²) in [6, 6.07) is 9.52. The van der Waals surface area contributed by atoms with Crippen LogP contribution < -0.4 is 10.6 Å². The van der Waals surface area contributed by atoms with Gasteiger partial charge in [0.15, 0.2) is 0 Å². The van der Waals surface area contributed by atoms with Gasteiger partial charge in [0, 0.05) is 28.7 Å². The van der Waals surface area contributed by atoms with Gasteiger partial charge in [0.25, 0.3) is 0 Å². The van der Waals surface area contributed by atoms with Gasteiger partial charge in [-0.05, 0) is 45.0 Å². The molecule has 18 heavy (non-hydrogen) atoms. The molecule has 3 N–H and O–H groups in total. The molecule has 1 fully saturated rings. The zero-order chi connectivity index (χ0) is 12.5. The first-order valence-corrected chi connectivity index (χ1v) is 6.79. The Kier molecular flexibility index (Phi) is 3.10. The monoisotopic (exact) mass is 243 g/mol. The zero-order valence-corrected chi connectivity index (χ0v) is 11.1. The van der Waals surface area contributed by atoms with E-state index in [0.29, 0.717) is 12.1 Å². The Hall–Kier alpha value is -1.32. The lowest BCUT2D eigenvalue weighted by atomic mass is 9.95. The summed E-state index contributed by atoms with van der Waals surface area (Å²) in [5.74, 6) is 0. The van der Waals surface area contributed by atoms with E-state index in [2.05, 4.69) is 53.9 Å². The van der Waals surface area contributed by atoms with Gasteiger partial charge in [0.1, 0.15) is 0 Å². The third kappa shape index (κ3) is 1.84. The number of benzene rings is 1. The maximum atomic E-state index is 3.61. The molecule has 2 aromatic rings. The Morgan fingerprint density at radius 3 is 2.89 bits per heavy atom. The lowest BCUT2D eigenvalue weighted by molar-refractivity contribution is 0.441. The Bertz CT molecular complexity index is 538. The van der Waals surface area contributed by atoms with Crippen molar-refractivity contribution >= 4 is 10.9 Å². The third-order valence-electron chi connectivity index (χ3n) is 4.07. The second-order valence-corrected chi connectivity index (χ2v) is 5.18. The zero-order valence-electron chi connectivity index (χ0n) is 11.1. The van der Waals surface area contributed by atoms with Crippen molar-refractivity contribution in [3.05, 3.63) is 35.5 Å². The summed E-state index contributed by atoms with van der Waals surface area (Å²) in [5, 5.41) is 8.46. The third-order valence-corrected chi connectivity index (χ3v) is 4.07. The standard InChI is InChI=1S/C15H21N3/c1-10-14(11-6-3-4-7-12(11)18-10)15(16-2)13-8-5-9-17-13/h3-4,6-7,13,15-18H,5,8-9H2,1-2H3. The number of hydrogen-bond donors (Lipinski definition) is 3. The summed E-state index contributed by atoms with van der Waals surface area (Å²) in [6.45, 7) is 3.32. The van der Waals surface area contributed by atoms with Crippen LogP contribution in [0.1, 0.15) is 30.1 Å². The summed E-state index contributed by atoms with van der Waals surface area (Å²) in [6.07, 6.45) is 2.54. The molecule has 1 aliphatic heterocycles. The van der Waals surface area contributed by atoms with E-state index in [0.717, 1.165) is 6.54 Å². The molecule has 0 saturated carbocycles. The topological polar surface area (TPSA) is 39.9 Å². The minimum absolute atomic E-state index is 0.392. The number of aromatic amines is 1. The predicted octanol–water partition coefficient (Wildman–Crippen LogP) is 2.49. The van der Waals surface area contributed by atoms with Crippen LogP contribution in [-0.4, -0.2) is 24.6 Å². The molecule has 0 bridgehead atoms. The number of para-hydroxylation sites is 1. The molecule has 1 aromatic carbocycles. The molecule has 0 radical (unpaired) electrons. The fourth-order valence-corrected chi connectivity index (χ4v) is 3.24. The molecule has 1 aromatic heterocycles. The quantitative estimate of drug-likeness (QED) is 0.775. The Morgan fingerprint density at radius 1 is 1.33 bits per heavy atom. The van der Waals surface area contributed by atoms with E-state index in [1.807, 2.05) is 0 Å². The highest BCUT2D eigenvalue weighted by molar-refractivity contribution is 5.85. The van der Waals surface area contributed by atoms with E-state index in [4.69, 9.17) is 0 Å². The van der Waals surface area contributed by atoms with Crippen molar-refractivity contribution < 1.29 is 0 Å². The van der Waals surface area contributed by atoms with Crippen LogP contribution >= 0.6 is 0 Å². The molecule has 0 aliphatic carbocycles. The number of fused-ring (bicyclic) bond motifs is 1. The molecule has 3 rings (SSSR count). The first kappa shape index (κ1) is 11.8. The normalized spacial score (nSPS) is 21.6. The Balaban J connectivity index is 2.08. The first-order valence-electron chi connectivity index (χ1n) is 6.79. The van der Waals surface area contributed by atoms with Crippen LogP contribution in [-0.2, 0) is 0 Å². The summed E-state index contributed by atoms with van der Waals surface area (Å²) in [4.78, 5) is 3.50. The van der Waals surface area contributed by atoms with Gasteiger partial charge in [-0.3, -0.25) is 0 Å². The van der Waals surface area contributed by atoms with Gasteiger partial charge in [-0.1, -0.05) is 18.2 Å². The summed E-state index contributed by atoms with van der Waals surface area (Å²) < 4.78 is 0. The molecule has 3 heteroatoms. The van der Waals surface area contributed by atoms with E-state index in [-0.39, 0.29) is 0 Å². The van der Waals surface area contributed by atoms with Gasteiger partial charge >= 0.3 is 0 Å². The SMILES string of the molecule is CNC(c1c(C)[nH]c2ccccc12)C1CCCN1. The van der Waals surface area contributed by atoms with E-state index in [1.54, 1.807) is 0 Å². The van der Waals surface area contributed by atoms with Crippen molar-refractivity contribution in [3.8, 4) is 0 Å². The smallest absolute Gasteiger partial charge is 0.0497 e. The van der Waals surface area contributed by atoms with Crippen LogP contribution in [0.25, 0.3) is 10.9 Å². The van der Waals surface area contributed by atoms with Gasteiger partial charge in [0.2, 0.25) is 0 Å². The number of rotatable bonds is 3. The van der Waals surface area contributed by atoms with Gasteiger partial charge in [-0.2, -0.15) is 0 Å². The maximum absolute atomic E-state index is 3.61. The second-order valence-electron chi connectivity index (χ2n) is 5.18.